The first-order valence-electron chi connectivity index (χ1n) is 6.27. The van der Waals surface area contributed by atoms with E-state index < -0.39 is 0 Å². The summed E-state index contributed by atoms with van der Waals surface area (Å²) in [7, 11) is 0. The molecular weight excluding hydrogens is 222 g/mol. The van der Waals surface area contributed by atoms with Crippen molar-refractivity contribution in [1.82, 2.24) is 15.3 Å². The zero-order chi connectivity index (χ0) is 13.0. The lowest BCUT2D eigenvalue weighted by Crippen LogP contribution is -2.23. The van der Waals surface area contributed by atoms with E-state index in [1.807, 2.05) is 12.4 Å². The van der Waals surface area contributed by atoms with Crippen LogP contribution in [-0.4, -0.2) is 16.5 Å². The van der Waals surface area contributed by atoms with Crippen molar-refractivity contribution in [2.24, 2.45) is 0 Å². The summed E-state index contributed by atoms with van der Waals surface area (Å²) in [5, 5.41) is 3.50. The van der Waals surface area contributed by atoms with E-state index in [0.29, 0.717) is 0 Å². The first-order chi connectivity index (χ1) is 8.72. The molecule has 0 radical (unpaired) electrons. The molecule has 2 aromatic rings. The topological polar surface area (TPSA) is 37.8 Å². The number of rotatable bonds is 4. The average Bonchev–Trinajstić information content (AvgIpc) is 2.38. The zero-order valence-electron chi connectivity index (χ0n) is 11.1. The van der Waals surface area contributed by atoms with Crippen LogP contribution >= 0.6 is 0 Å². The Hall–Kier alpha value is -1.74. The largest absolute Gasteiger partial charge is 0.306 e. The van der Waals surface area contributed by atoms with Crippen LogP contribution in [0, 0.1) is 13.8 Å². The third-order valence-electron chi connectivity index (χ3n) is 3.06. The number of nitrogens with one attached hydrogen (secondary N) is 1. The Morgan fingerprint density at radius 1 is 1.17 bits per heavy atom. The molecule has 0 saturated carbocycles. The predicted molar refractivity (Wildman–Crippen MR) is 73.5 cm³/mol. The summed E-state index contributed by atoms with van der Waals surface area (Å²) in [6, 6.07) is 6.71. The van der Waals surface area contributed by atoms with Gasteiger partial charge in [-0.15, -0.1) is 0 Å². The van der Waals surface area contributed by atoms with E-state index in [0.717, 1.165) is 12.1 Å². The molecule has 0 spiro atoms. The van der Waals surface area contributed by atoms with Gasteiger partial charge in [0.25, 0.3) is 0 Å². The van der Waals surface area contributed by atoms with E-state index in [1.54, 1.807) is 6.33 Å². The van der Waals surface area contributed by atoms with Gasteiger partial charge in [-0.2, -0.15) is 0 Å². The fourth-order valence-corrected chi connectivity index (χ4v) is 2.22. The Balaban J connectivity index is 2.41. The maximum absolute atomic E-state index is 4.11. The SMILES string of the molecule is CCNC(c1cncnc1)c1ccc(C)cc1C. The maximum Gasteiger partial charge on any atom is 0.115 e. The summed E-state index contributed by atoms with van der Waals surface area (Å²) < 4.78 is 0. The van der Waals surface area contributed by atoms with E-state index in [9.17, 15) is 0 Å². The van der Waals surface area contributed by atoms with Crippen LogP contribution in [0.3, 0.4) is 0 Å². The number of aryl methyl sites for hydroxylation is 2. The lowest BCUT2D eigenvalue weighted by atomic mass is 9.95. The molecule has 3 heteroatoms. The molecule has 0 saturated heterocycles. The van der Waals surface area contributed by atoms with Gasteiger partial charge in [0.1, 0.15) is 6.33 Å². The van der Waals surface area contributed by atoms with Gasteiger partial charge in [0.05, 0.1) is 6.04 Å². The first-order valence-corrected chi connectivity index (χ1v) is 6.27. The summed E-state index contributed by atoms with van der Waals surface area (Å²) in [5.41, 5.74) is 4.98. The molecule has 0 fully saturated rings. The smallest absolute Gasteiger partial charge is 0.115 e. The molecule has 1 heterocycles. The number of nitrogens with zero attached hydrogens (tertiary/aromatic N) is 2. The quantitative estimate of drug-likeness (QED) is 0.894. The van der Waals surface area contributed by atoms with Crippen LogP contribution < -0.4 is 5.32 Å². The van der Waals surface area contributed by atoms with Crippen molar-refractivity contribution in [3.8, 4) is 0 Å². The summed E-state index contributed by atoms with van der Waals surface area (Å²) in [6.07, 6.45) is 5.31. The Labute approximate surface area is 108 Å². The van der Waals surface area contributed by atoms with Gasteiger partial charge in [-0.25, -0.2) is 9.97 Å². The van der Waals surface area contributed by atoms with Crippen molar-refractivity contribution in [2.75, 3.05) is 6.54 Å². The second-order valence-electron chi connectivity index (χ2n) is 4.52. The van der Waals surface area contributed by atoms with Crippen LogP contribution in [0.4, 0.5) is 0 Å². The van der Waals surface area contributed by atoms with Gasteiger partial charge in [0.15, 0.2) is 0 Å². The lowest BCUT2D eigenvalue weighted by Gasteiger charge is -2.20. The van der Waals surface area contributed by atoms with Crippen LogP contribution in [0.25, 0.3) is 0 Å². The minimum Gasteiger partial charge on any atom is -0.306 e. The Morgan fingerprint density at radius 3 is 2.50 bits per heavy atom. The Kier molecular flexibility index (Phi) is 4.05. The molecule has 1 atom stereocenters. The highest BCUT2D eigenvalue weighted by atomic mass is 14.9. The van der Waals surface area contributed by atoms with Crippen molar-refractivity contribution in [3.05, 3.63) is 59.2 Å². The maximum atomic E-state index is 4.11. The van der Waals surface area contributed by atoms with Gasteiger partial charge in [-0.3, -0.25) is 0 Å². The fourth-order valence-electron chi connectivity index (χ4n) is 2.22. The second kappa shape index (κ2) is 5.74. The summed E-state index contributed by atoms with van der Waals surface area (Å²) in [6.45, 7) is 7.29. The minimum absolute atomic E-state index is 0.164. The molecule has 94 valence electrons. The molecule has 1 aromatic carbocycles. The van der Waals surface area contributed by atoms with Gasteiger partial charge in [-0.05, 0) is 31.5 Å². The molecule has 0 aliphatic rings. The molecule has 1 N–H and O–H groups in total. The number of benzene rings is 1. The third kappa shape index (κ3) is 2.74. The molecular formula is C15H19N3. The molecule has 0 aliphatic heterocycles. The van der Waals surface area contributed by atoms with Crippen LogP contribution in [0.2, 0.25) is 0 Å². The van der Waals surface area contributed by atoms with Gasteiger partial charge in [0, 0.05) is 18.0 Å². The third-order valence-corrected chi connectivity index (χ3v) is 3.06. The predicted octanol–water partition coefficient (Wildman–Crippen LogP) is 2.79. The number of aromatic nitrogens is 2. The first kappa shape index (κ1) is 12.7. The molecule has 2 rings (SSSR count). The van der Waals surface area contributed by atoms with Crippen LogP contribution in [0.1, 0.15) is 35.2 Å². The Bertz CT molecular complexity index is 508. The standard InChI is InChI=1S/C15H19N3/c1-4-18-15(13-8-16-10-17-9-13)14-6-5-11(2)7-12(14)3/h5-10,15,18H,4H2,1-3H3. The lowest BCUT2D eigenvalue weighted by molar-refractivity contribution is 0.623. The van der Waals surface area contributed by atoms with E-state index in [1.165, 1.54) is 16.7 Å². The second-order valence-corrected chi connectivity index (χ2v) is 4.52. The normalized spacial score (nSPS) is 12.4. The van der Waals surface area contributed by atoms with Crippen molar-refractivity contribution >= 4 is 0 Å². The van der Waals surface area contributed by atoms with Crippen molar-refractivity contribution in [2.45, 2.75) is 26.8 Å². The highest BCUT2D eigenvalue weighted by Gasteiger charge is 2.15. The Morgan fingerprint density at radius 2 is 1.89 bits per heavy atom. The van der Waals surface area contributed by atoms with Crippen LogP contribution in [0.5, 0.6) is 0 Å². The van der Waals surface area contributed by atoms with Gasteiger partial charge in [-0.1, -0.05) is 30.7 Å². The molecule has 1 unspecified atom stereocenters. The van der Waals surface area contributed by atoms with Crippen LogP contribution in [0.15, 0.2) is 36.9 Å². The van der Waals surface area contributed by atoms with Gasteiger partial charge < -0.3 is 5.32 Å². The summed E-state index contributed by atoms with van der Waals surface area (Å²) in [5.74, 6) is 0. The van der Waals surface area contributed by atoms with Crippen LogP contribution in [-0.2, 0) is 0 Å². The van der Waals surface area contributed by atoms with Crippen molar-refractivity contribution in [3.63, 3.8) is 0 Å². The molecule has 18 heavy (non-hydrogen) atoms. The van der Waals surface area contributed by atoms with E-state index in [-0.39, 0.29) is 6.04 Å². The zero-order valence-corrected chi connectivity index (χ0v) is 11.1. The number of hydrogen-bond acceptors (Lipinski definition) is 3. The van der Waals surface area contributed by atoms with E-state index in [2.05, 4.69) is 54.3 Å². The number of hydrogen-bond donors (Lipinski definition) is 1. The highest BCUT2D eigenvalue weighted by molar-refractivity contribution is 5.37. The van der Waals surface area contributed by atoms with Crippen molar-refractivity contribution < 1.29 is 0 Å². The van der Waals surface area contributed by atoms with Gasteiger partial charge in [0.2, 0.25) is 0 Å². The van der Waals surface area contributed by atoms with E-state index >= 15 is 0 Å². The average molecular weight is 241 g/mol. The molecule has 3 nitrogen and oxygen atoms in total. The van der Waals surface area contributed by atoms with E-state index in [4.69, 9.17) is 0 Å². The van der Waals surface area contributed by atoms with Gasteiger partial charge >= 0.3 is 0 Å². The molecule has 0 amide bonds. The summed E-state index contributed by atoms with van der Waals surface area (Å²) >= 11 is 0. The summed E-state index contributed by atoms with van der Waals surface area (Å²) in [4.78, 5) is 8.22. The molecule has 0 aliphatic carbocycles. The molecule has 1 aromatic heterocycles. The highest BCUT2D eigenvalue weighted by Crippen LogP contribution is 2.24. The van der Waals surface area contributed by atoms with Crippen molar-refractivity contribution in [1.29, 1.82) is 0 Å². The monoisotopic (exact) mass is 241 g/mol. The molecule has 0 bridgehead atoms. The minimum atomic E-state index is 0.164. The fraction of sp³-hybridized carbons (Fsp3) is 0.333.